The van der Waals surface area contributed by atoms with Crippen molar-refractivity contribution in [2.24, 2.45) is 0 Å². The molecule has 0 radical (unpaired) electrons. The van der Waals surface area contributed by atoms with Gasteiger partial charge in [0.2, 0.25) is 0 Å². The summed E-state index contributed by atoms with van der Waals surface area (Å²) in [6, 6.07) is 8.03. The first kappa shape index (κ1) is 13.1. The SMILES string of the molecule is CNc1ccccc1SN(C)C(C)(C)C=O. The van der Waals surface area contributed by atoms with Gasteiger partial charge in [-0.05, 0) is 45.0 Å². The molecule has 0 saturated carbocycles. The number of aldehydes is 1. The standard InChI is InChI=1S/C12H18N2OS/c1-12(2,9-15)14(4)16-11-8-6-5-7-10(11)13-3/h5-9,13H,1-4H3. The first-order valence-corrected chi connectivity index (χ1v) is 5.93. The minimum Gasteiger partial charge on any atom is -0.387 e. The van der Waals surface area contributed by atoms with Crippen molar-refractivity contribution in [3.05, 3.63) is 24.3 Å². The summed E-state index contributed by atoms with van der Waals surface area (Å²) < 4.78 is 1.95. The number of likely N-dealkylation sites (N-methyl/N-ethyl adjacent to an activating group) is 1. The van der Waals surface area contributed by atoms with Crippen LogP contribution in [0.2, 0.25) is 0 Å². The Morgan fingerprint density at radius 1 is 1.38 bits per heavy atom. The predicted octanol–water partition coefficient (Wildman–Crippen LogP) is 2.64. The zero-order chi connectivity index (χ0) is 12.2. The smallest absolute Gasteiger partial charge is 0.140 e. The molecule has 0 bridgehead atoms. The highest BCUT2D eigenvalue weighted by Crippen LogP contribution is 2.32. The molecule has 0 fully saturated rings. The number of hydrogen-bond donors (Lipinski definition) is 1. The average Bonchev–Trinajstić information content (AvgIpc) is 2.29. The van der Waals surface area contributed by atoms with E-state index in [0.717, 1.165) is 16.9 Å². The van der Waals surface area contributed by atoms with Gasteiger partial charge in [0.05, 0.1) is 5.54 Å². The molecule has 0 atom stereocenters. The van der Waals surface area contributed by atoms with Crippen LogP contribution in [0.15, 0.2) is 29.2 Å². The Hall–Kier alpha value is -1.00. The lowest BCUT2D eigenvalue weighted by Crippen LogP contribution is -2.37. The Bertz CT molecular complexity index is 366. The molecule has 4 heteroatoms. The summed E-state index contributed by atoms with van der Waals surface area (Å²) in [4.78, 5) is 12.1. The van der Waals surface area contributed by atoms with Crippen LogP contribution in [0.4, 0.5) is 5.69 Å². The number of nitrogens with one attached hydrogen (secondary N) is 1. The van der Waals surface area contributed by atoms with Gasteiger partial charge in [0, 0.05) is 17.6 Å². The minimum absolute atomic E-state index is 0.467. The van der Waals surface area contributed by atoms with Crippen molar-refractivity contribution in [3.8, 4) is 0 Å². The van der Waals surface area contributed by atoms with E-state index in [-0.39, 0.29) is 0 Å². The lowest BCUT2D eigenvalue weighted by molar-refractivity contribution is -0.113. The summed E-state index contributed by atoms with van der Waals surface area (Å²) in [6.07, 6.45) is 0.960. The monoisotopic (exact) mass is 238 g/mol. The van der Waals surface area contributed by atoms with Crippen LogP contribution < -0.4 is 5.32 Å². The number of nitrogens with zero attached hydrogens (tertiary/aromatic N) is 1. The molecule has 0 heterocycles. The van der Waals surface area contributed by atoms with E-state index in [2.05, 4.69) is 5.32 Å². The summed E-state index contributed by atoms with van der Waals surface area (Å²) in [6.45, 7) is 3.80. The Morgan fingerprint density at radius 2 is 2.00 bits per heavy atom. The molecular weight excluding hydrogens is 220 g/mol. The molecular formula is C12H18N2OS. The Labute approximate surface area is 101 Å². The van der Waals surface area contributed by atoms with Gasteiger partial charge in [-0.2, -0.15) is 0 Å². The number of rotatable bonds is 5. The van der Waals surface area contributed by atoms with Crippen molar-refractivity contribution in [2.45, 2.75) is 24.3 Å². The molecule has 0 spiro atoms. The van der Waals surface area contributed by atoms with Gasteiger partial charge in [-0.1, -0.05) is 12.1 Å². The van der Waals surface area contributed by atoms with Crippen LogP contribution in [-0.4, -0.2) is 30.2 Å². The summed E-state index contributed by atoms with van der Waals surface area (Å²) in [5, 5.41) is 3.13. The number of hydrogen-bond acceptors (Lipinski definition) is 4. The van der Waals surface area contributed by atoms with E-state index in [1.165, 1.54) is 0 Å². The maximum absolute atomic E-state index is 10.9. The average molecular weight is 238 g/mol. The Kier molecular flexibility index (Phi) is 4.38. The van der Waals surface area contributed by atoms with Gasteiger partial charge in [0.15, 0.2) is 0 Å². The zero-order valence-corrected chi connectivity index (χ0v) is 11.0. The van der Waals surface area contributed by atoms with Crippen molar-refractivity contribution in [2.75, 3.05) is 19.4 Å². The fraction of sp³-hybridized carbons (Fsp3) is 0.417. The van der Waals surface area contributed by atoms with E-state index in [4.69, 9.17) is 0 Å². The molecule has 1 aromatic rings. The first-order valence-electron chi connectivity index (χ1n) is 5.16. The minimum atomic E-state index is -0.467. The van der Waals surface area contributed by atoms with Crippen molar-refractivity contribution < 1.29 is 4.79 Å². The molecule has 1 rings (SSSR count). The third-order valence-corrected chi connectivity index (χ3v) is 3.79. The molecule has 0 aliphatic heterocycles. The van der Waals surface area contributed by atoms with Crippen molar-refractivity contribution in [1.82, 2.24) is 4.31 Å². The van der Waals surface area contributed by atoms with Crippen molar-refractivity contribution in [3.63, 3.8) is 0 Å². The highest BCUT2D eigenvalue weighted by atomic mass is 32.2. The van der Waals surface area contributed by atoms with Crippen LogP contribution in [0.25, 0.3) is 0 Å². The number of carbonyl (C=O) groups excluding carboxylic acids is 1. The second-order valence-electron chi connectivity index (χ2n) is 4.11. The largest absolute Gasteiger partial charge is 0.387 e. The molecule has 0 unspecified atom stereocenters. The van der Waals surface area contributed by atoms with E-state index in [0.29, 0.717) is 0 Å². The van der Waals surface area contributed by atoms with E-state index in [1.54, 1.807) is 11.9 Å². The number of anilines is 1. The maximum atomic E-state index is 10.9. The highest BCUT2D eigenvalue weighted by Gasteiger charge is 2.24. The zero-order valence-electron chi connectivity index (χ0n) is 10.2. The summed E-state index contributed by atoms with van der Waals surface area (Å²) in [5.74, 6) is 0. The fourth-order valence-electron chi connectivity index (χ4n) is 1.09. The van der Waals surface area contributed by atoms with Gasteiger partial charge < -0.3 is 10.1 Å². The second-order valence-corrected chi connectivity index (χ2v) is 5.28. The Morgan fingerprint density at radius 3 is 2.56 bits per heavy atom. The highest BCUT2D eigenvalue weighted by molar-refractivity contribution is 7.97. The number of para-hydroxylation sites is 1. The van der Waals surface area contributed by atoms with Crippen LogP contribution >= 0.6 is 11.9 Å². The summed E-state index contributed by atoms with van der Waals surface area (Å²) in [5.41, 5.74) is 0.604. The molecule has 0 aliphatic carbocycles. The van der Waals surface area contributed by atoms with Crippen LogP contribution in [0, 0.1) is 0 Å². The molecule has 0 aromatic heterocycles. The van der Waals surface area contributed by atoms with Gasteiger partial charge in [0.1, 0.15) is 6.29 Å². The van der Waals surface area contributed by atoms with Crippen LogP contribution in [-0.2, 0) is 4.79 Å². The van der Waals surface area contributed by atoms with Crippen molar-refractivity contribution in [1.29, 1.82) is 0 Å². The lowest BCUT2D eigenvalue weighted by Gasteiger charge is -2.29. The predicted molar refractivity (Wildman–Crippen MR) is 69.8 cm³/mol. The summed E-state index contributed by atoms with van der Waals surface area (Å²) in [7, 11) is 3.82. The van der Waals surface area contributed by atoms with Gasteiger partial charge in [-0.15, -0.1) is 0 Å². The molecule has 3 nitrogen and oxygen atoms in total. The van der Waals surface area contributed by atoms with E-state index in [9.17, 15) is 4.79 Å². The molecule has 16 heavy (non-hydrogen) atoms. The quantitative estimate of drug-likeness (QED) is 0.631. The summed E-state index contributed by atoms with van der Waals surface area (Å²) >= 11 is 1.57. The van der Waals surface area contributed by atoms with E-state index < -0.39 is 5.54 Å². The maximum Gasteiger partial charge on any atom is 0.140 e. The van der Waals surface area contributed by atoms with E-state index in [1.807, 2.05) is 56.5 Å². The fourth-order valence-corrected chi connectivity index (χ4v) is 2.07. The number of benzene rings is 1. The lowest BCUT2D eigenvalue weighted by atomic mass is 10.1. The van der Waals surface area contributed by atoms with Crippen LogP contribution in [0.5, 0.6) is 0 Å². The third-order valence-electron chi connectivity index (χ3n) is 2.49. The molecule has 0 aliphatic rings. The normalized spacial score (nSPS) is 11.6. The van der Waals surface area contributed by atoms with Crippen LogP contribution in [0.1, 0.15) is 13.8 Å². The molecule has 1 aromatic carbocycles. The first-order chi connectivity index (χ1) is 7.51. The number of carbonyl (C=O) groups is 1. The van der Waals surface area contributed by atoms with Gasteiger partial charge in [-0.25, -0.2) is 4.31 Å². The third kappa shape index (κ3) is 3.00. The van der Waals surface area contributed by atoms with Crippen molar-refractivity contribution >= 4 is 23.9 Å². The van der Waals surface area contributed by atoms with Gasteiger partial charge in [0.25, 0.3) is 0 Å². The van der Waals surface area contributed by atoms with Gasteiger partial charge >= 0.3 is 0 Å². The molecule has 0 amide bonds. The van der Waals surface area contributed by atoms with Gasteiger partial charge in [-0.3, -0.25) is 0 Å². The van der Waals surface area contributed by atoms with Crippen LogP contribution in [0.3, 0.4) is 0 Å². The van der Waals surface area contributed by atoms with E-state index >= 15 is 0 Å². The molecule has 1 N–H and O–H groups in total. The Balaban J connectivity index is 2.84. The topological polar surface area (TPSA) is 32.3 Å². The second kappa shape index (κ2) is 5.37. The molecule has 88 valence electrons. The molecule has 0 saturated heterocycles.